The average molecular weight is 389 g/mol. The van der Waals surface area contributed by atoms with E-state index in [9.17, 15) is 8.42 Å². The number of hydrogen-bond acceptors (Lipinski definition) is 4. The van der Waals surface area contributed by atoms with Crippen LogP contribution in [0.1, 0.15) is 16.7 Å². The molecule has 0 aliphatic heterocycles. The first-order valence-corrected chi connectivity index (χ1v) is 9.50. The highest BCUT2D eigenvalue weighted by atomic mass is 79.9. The molecule has 114 valence electrons. The number of hydrogen-bond donors (Lipinski definition) is 2. The Morgan fingerprint density at radius 2 is 2.05 bits per heavy atom. The van der Waals surface area contributed by atoms with Crippen LogP contribution in [0.15, 0.2) is 39.7 Å². The van der Waals surface area contributed by atoms with E-state index >= 15 is 0 Å². The summed E-state index contributed by atoms with van der Waals surface area (Å²) < 4.78 is 28.2. The van der Waals surface area contributed by atoms with E-state index in [4.69, 9.17) is 5.73 Å². The quantitative estimate of drug-likeness (QED) is 0.771. The van der Waals surface area contributed by atoms with Crippen LogP contribution >= 0.6 is 27.3 Å². The molecular formula is C14H17BrN2O2S2. The topological polar surface area (TPSA) is 72.2 Å². The molecule has 7 heteroatoms. The van der Waals surface area contributed by atoms with Crippen LogP contribution in [-0.2, 0) is 16.4 Å². The second-order valence-electron chi connectivity index (χ2n) is 4.92. The van der Waals surface area contributed by atoms with E-state index < -0.39 is 10.0 Å². The molecule has 0 radical (unpaired) electrons. The number of anilines is 1. The van der Waals surface area contributed by atoms with Crippen molar-refractivity contribution in [2.24, 2.45) is 0 Å². The first-order valence-electron chi connectivity index (χ1n) is 6.40. The summed E-state index contributed by atoms with van der Waals surface area (Å²) in [4.78, 5) is 2.49. The molecule has 2 aromatic rings. The zero-order valence-corrected chi connectivity index (χ0v) is 15.0. The van der Waals surface area contributed by atoms with E-state index in [1.807, 2.05) is 26.0 Å². The summed E-state index contributed by atoms with van der Waals surface area (Å²) in [6.07, 6.45) is 0.661. The number of halogens is 1. The van der Waals surface area contributed by atoms with Gasteiger partial charge in [-0.25, -0.2) is 13.1 Å². The lowest BCUT2D eigenvalue weighted by Gasteiger charge is -2.14. The zero-order valence-electron chi connectivity index (χ0n) is 11.8. The number of nitrogens with one attached hydrogen (secondary N) is 1. The third-order valence-corrected chi connectivity index (χ3v) is 6.10. The Balaban J connectivity index is 2.13. The predicted molar refractivity (Wildman–Crippen MR) is 91.1 cm³/mol. The van der Waals surface area contributed by atoms with Gasteiger partial charge in [-0.1, -0.05) is 15.9 Å². The molecule has 0 saturated carbocycles. The smallest absolute Gasteiger partial charge is 0.242 e. The molecule has 0 bridgehead atoms. The molecule has 0 fully saturated rings. The second kappa shape index (κ2) is 6.48. The molecule has 0 amide bonds. The molecule has 0 aliphatic carbocycles. The molecule has 2 rings (SSSR count). The van der Waals surface area contributed by atoms with Gasteiger partial charge in [0, 0.05) is 20.3 Å². The maximum atomic E-state index is 12.4. The third kappa shape index (κ3) is 4.29. The van der Waals surface area contributed by atoms with Gasteiger partial charge in [-0.15, -0.1) is 11.3 Å². The lowest BCUT2D eigenvalue weighted by atomic mass is 10.2. The summed E-state index contributed by atoms with van der Waals surface area (Å²) in [7, 11) is -3.61. The van der Waals surface area contributed by atoms with Crippen LogP contribution < -0.4 is 10.5 Å². The van der Waals surface area contributed by atoms with E-state index in [1.165, 1.54) is 10.9 Å². The zero-order chi connectivity index (χ0) is 15.6. The van der Waals surface area contributed by atoms with Crippen LogP contribution in [0.25, 0.3) is 0 Å². The van der Waals surface area contributed by atoms with Crippen molar-refractivity contribution in [3.05, 3.63) is 44.6 Å². The van der Waals surface area contributed by atoms with E-state index in [0.29, 0.717) is 6.42 Å². The van der Waals surface area contributed by atoms with Gasteiger partial charge in [-0.2, -0.15) is 0 Å². The Morgan fingerprint density at radius 3 is 2.62 bits per heavy atom. The Hall–Kier alpha value is -0.890. The summed E-state index contributed by atoms with van der Waals surface area (Å²) in [5.74, 6) is 0. The van der Waals surface area contributed by atoms with Crippen molar-refractivity contribution < 1.29 is 8.42 Å². The number of rotatable bonds is 5. The van der Waals surface area contributed by atoms with Crippen molar-refractivity contribution in [3.8, 4) is 0 Å². The van der Waals surface area contributed by atoms with Gasteiger partial charge in [-0.3, -0.25) is 0 Å². The van der Waals surface area contributed by atoms with Gasteiger partial charge in [-0.05, 0) is 50.6 Å². The van der Waals surface area contributed by atoms with Gasteiger partial charge in [0.1, 0.15) is 4.90 Å². The highest BCUT2D eigenvalue weighted by molar-refractivity contribution is 9.10. The Kier molecular flexibility index (Phi) is 5.08. The maximum Gasteiger partial charge on any atom is 0.242 e. The summed E-state index contributed by atoms with van der Waals surface area (Å²) in [5.41, 5.74) is 6.02. The van der Waals surface area contributed by atoms with Crippen molar-refractivity contribution in [3.63, 3.8) is 0 Å². The number of sulfonamides is 1. The van der Waals surface area contributed by atoms with E-state index in [1.54, 1.807) is 23.5 Å². The second-order valence-corrected chi connectivity index (χ2v) is 8.89. The highest BCUT2D eigenvalue weighted by Crippen LogP contribution is 2.23. The fourth-order valence-electron chi connectivity index (χ4n) is 2.03. The molecule has 1 aromatic heterocycles. The molecule has 1 aromatic carbocycles. The fourth-order valence-corrected chi connectivity index (χ4v) is 4.78. The SMILES string of the molecule is Cc1ccc(CC(C)NS(=O)(=O)c2ccc(Br)cc2N)s1. The van der Waals surface area contributed by atoms with Crippen molar-refractivity contribution in [2.45, 2.75) is 31.2 Å². The number of nitrogen functional groups attached to an aromatic ring is 1. The van der Waals surface area contributed by atoms with Gasteiger partial charge < -0.3 is 5.73 Å². The van der Waals surface area contributed by atoms with E-state index in [-0.39, 0.29) is 16.6 Å². The first kappa shape index (κ1) is 16.5. The van der Waals surface area contributed by atoms with E-state index in [2.05, 4.69) is 20.7 Å². The highest BCUT2D eigenvalue weighted by Gasteiger charge is 2.20. The summed E-state index contributed by atoms with van der Waals surface area (Å²) >= 11 is 4.94. The van der Waals surface area contributed by atoms with Gasteiger partial charge in [0.15, 0.2) is 0 Å². The minimum Gasteiger partial charge on any atom is -0.398 e. The molecule has 0 aliphatic rings. The van der Waals surface area contributed by atoms with Gasteiger partial charge in [0.05, 0.1) is 5.69 Å². The number of nitrogens with two attached hydrogens (primary N) is 1. The lowest BCUT2D eigenvalue weighted by molar-refractivity contribution is 0.561. The van der Waals surface area contributed by atoms with Gasteiger partial charge >= 0.3 is 0 Å². The Morgan fingerprint density at radius 1 is 1.33 bits per heavy atom. The first-order chi connectivity index (χ1) is 9.78. The minimum atomic E-state index is -3.61. The molecule has 21 heavy (non-hydrogen) atoms. The largest absolute Gasteiger partial charge is 0.398 e. The maximum absolute atomic E-state index is 12.4. The Bertz CT molecular complexity index is 741. The lowest BCUT2D eigenvalue weighted by Crippen LogP contribution is -2.34. The van der Waals surface area contributed by atoms with Gasteiger partial charge in [0.25, 0.3) is 0 Å². The van der Waals surface area contributed by atoms with Crippen LogP contribution in [-0.4, -0.2) is 14.5 Å². The molecule has 1 unspecified atom stereocenters. The van der Waals surface area contributed by atoms with Crippen molar-refractivity contribution >= 4 is 43.0 Å². The monoisotopic (exact) mass is 388 g/mol. The van der Waals surface area contributed by atoms with Gasteiger partial charge in [0.2, 0.25) is 10.0 Å². The molecular weight excluding hydrogens is 372 g/mol. The van der Waals surface area contributed by atoms with Crippen LogP contribution in [0.3, 0.4) is 0 Å². The van der Waals surface area contributed by atoms with Crippen molar-refractivity contribution in [2.75, 3.05) is 5.73 Å². The number of benzene rings is 1. The minimum absolute atomic E-state index is 0.111. The number of thiophene rings is 1. The summed E-state index contributed by atoms with van der Waals surface area (Å²) in [6.45, 7) is 3.88. The summed E-state index contributed by atoms with van der Waals surface area (Å²) in [5, 5.41) is 0. The molecule has 0 saturated heterocycles. The predicted octanol–water partition coefficient (Wildman–Crippen LogP) is 3.31. The van der Waals surface area contributed by atoms with Crippen LogP contribution in [0.4, 0.5) is 5.69 Å². The van der Waals surface area contributed by atoms with Crippen LogP contribution in [0, 0.1) is 6.92 Å². The molecule has 0 spiro atoms. The van der Waals surface area contributed by atoms with Crippen LogP contribution in [0.5, 0.6) is 0 Å². The fraction of sp³-hybridized carbons (Fsp3) is 0.286. The normalized spacial score (nSPS) is 13.3. The van der Waals surface area contributed by atoms with Crippen molar-refractivity contribution in [1.82, 2.24) is 4.72 Å². The van der Waals surface area contributed by atoms with Crippen molar-refractivity contribution in [1.29, 1.82) is 0 Å². The molecule has 1 heterocycles. The Labute approximate surface area is 137 Å². The molecule has 3 N–H and O–H groups in total. The third-order valence-electron chi connectivity index (χ3n) is 2.92. The molecule has 4 nitrogen and oxygen atoms in total. The molecule has 1 atom stereocenters. The van der Waals surface area contributed by atoms with E-state index in [0.717, 1.165) is 9.35 Å². The summed E-state index contributed by atoms with van der Waals surface area (Å²) in [6, 6.07) is 8.62. The average Bonchev–Trinajstić information content (AvgIpc) is 2.72. The van der Waals surface area contributed by atoms with Crippen LogP contribution in [0.2, 0.25) is 0 Å². The standard InChI is InChI=1S/C14H17BrN2O2S2/c1-9(7-12-5-3-10(2)20-12)17-21(18,19)14-6-4-11(15)8-13(14)16/h3-6,8-9,17H,7,16H2,1-2H3. The number of aryl methyl sites for hydroxylation is 1.